The van der Waals surface area contributed by atoms with Gasteiger partial charge in [0.15, 0.2) is 9.84 Å². The van der Waals surface area contributed by atoms with Crippen molar-refractivity contribution in [2.75, 3.05) is 25.4 Å². The molecule has 1 rings (SSSR count). The van der Waals surface area contributed by atoms with E-state index in [1.165, 1.54) is 4.90 Å². The molecule has 1 amide bonds. The number of ether oxygens (including phenoxy) is 1. The summed E-state index contributed by atoms with van der Waals surface area (Å²) >= 11 is 0. The molecule has 0 N–H and O–H groups in total. The van der Waals surface area contributed by atoms with E-state index in [2.05, 4.69) is 0 Å². The summed E-state index contributed by atoms with van der Waals surface area (Å²) in [7, 11) is -3.38. The van der Waals surface area contributed by atoms with Gasteiger partial charge in [-0.3, -0.25) is 9.59 Å². The topological polar surface area (TPSA) is 80.8 Å². The number of carbonyl (C=O) groups excluding carboxylic acids is 2. The maximum Gasteiger partial charge on any atom is 0.325 e. The molecule has 7 heteroatoms. The minimum Gasteiger partial charge on any atom is -0.465 e. The Bertz CT molecular complexity index is 446. The molecule has 116 valence electrons. The molecule has 0 aromatic carbocycles. The molecule has 0 aromatic rings. The summed E-state index contributed by atoms with van der Waals surface area (Å²) in [5, 5.41) is -0.989. The van der Waals surface area contributed by atoms with Crippen LogP contribution in [0.3, 0.4) is 0 Å². The Balaban J connectivity index is 2.79. The summed E-state index contributed by atoms with van der Waals surface area (Å²) in [5.74, 6) is -0.898. The van der Waals surface area contributed by atoms with E-state index < -0.39 is 27.0 Å². The number of rotatable bonds is 6. The molecule has 1 heterocycles. The first-order chi connectivity index (χ1) is 9.42. The molecule has 1 unspecified atom stereocenters. The van der Waals surface area contributed by atoms with Gasteiger partial charge in [-0.15, -0.1) is 0 Å². The molecular weight excluding hydrogens is 282 g/mol. The number of hydrogen-bond acceptors (Lipinski definition) is 5. The van der Waals surface area contributed by atoms with Gasteiger partial charge in [-0.1, -0.05) is 13.3 Å². The Morgan fingerprint density at radius 1 is 1.25 bits per heavy atom. The average Bonchev–Trinajstić information content (AvgIpc) is 2.37. The summed E-state index contributed by atoms with van der Waals surface area (Å²) in [5.41, 5.74) is 0. The molecule has 1 atom stereocenters. The van der Waals surface area contributed by atoms with Crippen LogP contribution in [0.2, 0.25) is 0 Å². The van der Waals surface area contributed by atoms with Gasteiger partial charge in [-0.2, -0.15) is 0 Å². The number of carbonyl (C=O) groups is 2. The van der Waals surface area contributed by atoms with Gasteiger partial charge in [0.05, 0.1) is 12.4 Å². The van der Waals surface area contributed by atoms with Crippen molar-refractivity contribution < 1.29 is 22.7 Å². The highest BCUT2D eigenvalue weighted by Crippen LogP contribution is 2.21. The lowest BCUT2D eigenvalue weighted by Gasteiger charge is -2.28. The zero-order chi connectivity index (χ0) is 15.2. The largest absolute Gasteiger partial charge is 0.465 e. The lowest BCUT2D eigenvalue weighted by Crippen LogP contribution is -2.47. The zero-order valence-electron chi connectivity index (χ0n) is 12.1. The van der Waals surface area contributed by atoms with Crippen molar-refractivity contribution in [3.05, 3.63) is 0 Å². The highest BCUT2D eigenvalue weighted by molar-refractivity contribution is 7.92. The molecule has 0 bridgehead atoms. The molecule has 0 aromatic heterocycles. The van der Waals surface area contributed by atoms with Crippen LogP contribution in [-0.4, -0.2) is 55.9 Å². The fourth-order valence-corrected chi connectivity index (χ4v) is 4.21. The Hall–Kier alpha value is -1.11. The van der Waals surface area contributed by atoms with Crippen molar-refractivity contribution in [2.45, 2.75) is 44.8 Å². The van der Waals surface area contributed by atoms with E-state index in [1.807, 2.05) is 6.92 Å². The second-order valence-electron chi connectivity index (χ2n) is 4.92. The van der Waals surface area contributed by atoms with E-state index in [0.29, 0.717) is 25.8 Å². The molecule has 0 aliphatic carbocycles. The van der Waals surface area contributed by atoms with Gasteiger partial charge in [0.2, 0.25) is 5.91 Å². The first-order valence-corrected chi connectivity index (χ1v) is 8.79. The molecule has 1 aliphatic rings. The number of amides is 1. The van der Waals surface area contributed by atoms with Crippen molar-refractivity contribution in [1.29, 1.82) is 0 Å². The Labute approximate surface area is 120 Å². The molecule has 0 saturated carbocycles. The third kappa shape index (κ3) is 4.47. The van der Waals surface area contributed by atoms with Crippen LogP contribution >= 0.6 is 0 Å². The second-order valence-corrected chi connectivity index (χ2v) is 7.22. The van der Waals surface area contributed by atoms with E-state index in [4.69, 9.17) is 4.74 Å². The van der Waals surface area contributed by atoms with Crippen molar-refractivity contribution in [3.8, 4) is 0 Å². The predicted molar refractivity (Wildman–Crippen MR) is 74.9 cm³/mol. The Morgan fingerprint density at radius 3 is 2.50 bits per heavy atom. The smallest absolute Gasteiger partial charge is 0.325 e. The van der Waals surface area contributed by atoms with Crippen molar-refractivity contribution in [3.63, 3.8) is 0 Å². The van der Waals surface area contributed by atoms with Crippen LogP contribution in [0.25, 0.3) is 0 Å². The molecular formula is C13H23NO5S. The lowest BCUT2D eigenvalue weighted by atomic mass is 10.1. The van der Waals surface area contributed by atoms with E-state index in [-0.39, 0.29) is 18.9 Å². The van der Waals surface area contributed by atoms with Gasteiger partial charge >= 0.3 is 5.97 Å². The van der Waals surface area contributed by atoms with Gasteiger partial charge in [0.25, 0.3) is 0 Å². The minimum atomic E-state index is -3.38. The van der Waals surface area contributed by atoms with Crippen LogP contribution in [0.1, 0.15) is 39.5 Å². The normalized spacial score (nSPS) is 21.2. The molecule has 20 heavy (non-hydrogen) atoms. The van der Waals surface area contributed by atoms with Gasteiger partial charge < -0.3 is 9.64 Å². The summed E-state index contributed by atoms with van der Waals surface area (Å²) in [4.78, 5) is 25.2. The highest BCUT2D eigenvalue weighted by Gasteiger charge is 2.37. The molecule has 6 nitrogen and oxygen atoms in total. The van der Waals surface area contributed by atoms with Gasteiger partial charge in [0.1, 0.15) is 11.8 Å². The summed E-state index contributed by atoms with van der Waals surface area (Å²) in [6.07, 6.45) is 2.36. The predicted octanol–water partition coefficient (Wildman–Crippen LogP) is 0.755. The molecule has 1 fully saturated rings. The SMILES string of the molecule is CCCN(CC(=O)OCC)C(=O)C1CCCCS1(=O)=O. The second kappa shape index (κ2) is 7.61. The van der Waals surface area contributed by atoms with Crippen LogP contribution in [-0.2, 0) is 24.2 Å². The quantitative estimate of drug-likeness (QED) is 0.677. The maximum absolute atomic E-state index is 12.4. The van der Waals surface area contributed by atoms with Crippen molar-refractivity contribution >= 4 is 21.7 Å². The summed E-state index contributed by atoms with van der Waals surface area (Å²) in [6, 6.07) is 0. The molecule has 1 aliphatic heterocycles. The standard InChI is InChI=1S/C13H23NO5S/c1-3-8-14(10-12(15)19-4-2)13(16)11-7-5-6-9-20(11,17)18/h11H,3-10H2,1-2H3. The van der Waals surface area contributed by atoms with Gasteiger partial charge in [-0.05, 0) is 26.2 Å². The minimum absolute atomic E-state index is 0.0583. The zero-order valence-corrected chi connectivity index (χ0v) is 12.9. The van der Waals surface area contributed by atoms with Crippen LogP contribution < -0.4 is 0 Å². The third-order valence-electron chi connectivity index (χ3n) is 3.28. The molecule has 0 spiro atoms. The van der Waals surface area contributed by atoms with E-state index in [1.54, 1.807) is 6.92 Å². The summed E-state index contributed by atoms with van der Waals surface area (Å²) < 4.78 is 28.8. The third-order valence-corrected chi connectivity index (χ3v) is 5.45. The first-order valence-electron chi connectivity index (χ1n) is 7.08. The van der Waals surface area contributed by atoms with Crippen LogP contribution in [0, 0.1) is 0 Å². The van der Waals surface area contributed by atoms with Gasteiger partial charge in [0, 0.05) is 6.54 Å². The van der Waals surface area contributed by atoms with Crippen LogP contribution in [0.5, 0.6) is 0 Å². The monoisotopic (exact) mass is 305 g/mol. The summed E-state index contributed by atoms with van der Waals surface area (Å²) in [6.45, 7) is 4.00. The molecule has 1 saturated heterocycles. The Kier molecular flexibility index (Phi) is 6.45. The average molecular weight is 305 g/mol. The molecule has 0 radical (unpaired) electrons. The lowest BCUT2D eigenvalue weighted by molar-refractivity contribution is -0.148. The van der Waals surface area contributed by atoms with Crippen LogP contribution in [0.4, 0.5) is 0 Å². The fraction of sp³-hybridized carbons (Fsp3) is 0.846. The van der Waals surface area contributed by atoms with Crippen molar-refractivity contribution in [1.82, 2.24) is 4.90 Å². The number of hydrogen-bond donors (Lipinski definition) is 0. The van der Waals surface area contributed by atoms with E-state index in [9.17, 15) is 18.0 Å². The Morgan fingerprint density at radius 2 is 1.95 bits per heavy atom. The van der Waals surface area contributed by atoms with E-state index >= 15 is 0 Å². The van der Waals surface area contributed by atoms with Crippen LogP contribution in [0.15, 0.2) is 0 Å². The number of nitrogens with zero attached hydrogens (tertiary/aromatic N) is 1. The first kappa shape index (κ1) is 16.9. The van der Waals surface area contributed by atoms with Crippen molar-refractivity contribution in [2.24, 2.45) is 0 Å². The fourth-order valence-electron chi connectivity index (χ4n) is 2.34. The number of sulfone groups is 1. The highest BCUT2D eigenvalue weighted by atomic mass is 32.2. The number of esters is 1. The van der Waals surface area contributed by atoms with Gasteiger partial charge in [-0.25, -0.2) is 8.42 Å². The van der Waals surface area contributed by atoms with E-state index in [0.717, 1.165) is 6.42 Å². The maximum atomic E-state index is 12.4.